The van der Waals surface area contributed by atoms with Gasteiger partial charge in [0.1, 0.15) is 0 Å². The topological polar surface area (TPSA) is 78.5 Å². The molecule has 1 unspecified atom stereocenters. The Hall–Kier alpha value is -1.15. The van der Waals surface area contributed by atoms with Crippen LogP contribution >= 0.6 is 12.4 Å². The Bertz CT molecular complexity index is 679. The number of carbonyl (C=O) groups excluding carboxylic acids is 1. The molecule has 1 heterocycles. The smallest absolute Gasteiger partial charge is 0.240 e. The van der Waals surface area contributed by atoms with Gasteiger partial charge in [0.05, 0.1) is 4.90 Å². The van der Waals surface area contributed by atoms with Gasteiger partial charge >= 0.3 is 0 Å². The molecule has 1 amide bonds. The van der Waals surface area contributed by atoms with Gasteiger partial charge in [0, 0.05) is 32.6 Å². The zero-order valence-electron chi connectivity index (χ0n) is 14.3. The highest BCUT2D eigenvalue weighted by Gasteiger charge is 2.20. The molecule has 0 bridgehead atoms. The maximum absolute atomic E-state index is 12.4. The lowest BCUT2D eigenvalue weighted by Gasteiger charge is -2.17. The van der Waals surface area contributed by atoms with Crippen LogP contribution in [0.25, 0.3) is 0 Å². The van der Waals surface area contributed by atoms with Gasteiger partial charge in [-0.1, -0.05) is 6.07 Å². The molecule has 0 saturated heterocycles. The second-order valence-corrected chi connectivity index (χ2v) is 7.75. The Morgan fingerprint density at radius 3 is 2.46 bits per heavy atom. The number of fused-ring (bicyclic) bond motifs is 1. The van der Waals surface area contributed by atoms with Crippen molar-refractivity contribution in [1.29, 1.82) is 0 Å². The van der Waals surface area contributed by atoms with Crippen molar-refractivity contribution in [2.24, 2.45) is 0 Å². The van der Waals surface area contributed by atoms with Crippen LogP contribution in [0.2, 0.25) is 0 Å². The molecular weight excluding hydrogens is 350 g/mol. The lowest BCUT2D eigenvalue weighted by molar-refractivity contribution is -0.128. The molecule has 0 saturated carbocycles. The lowest BCUT2D eigenvalue weighted by atomic mass is 10.0. The number of likely N-dealkylation sites (N-methyl/N-ethyl adjacent to an activating group) is 1. The van der Waals surface area contributed by atoms with Crippen molar-refractivity contribution in [3.8, 4) is 0 Å². The second-order valence-electron chi connectivity index (χ2n) is 5.98. The van der Waals surface area contributed by atoms with Crippen LogP contribution in [-0.4, -0.2) is 51.9 Å². The van der Waals surface area contributed by atoms with Crippen molar-refractivity contribution >= 4 is 28.3 Å². The molecule has 1 atom stereocenters. The van der Waals surface area contributed by atoms with Gasteiger partial charge in [-0.25, -0.2) is 13.1 Å². The third kappa shape index (κ3) is 5.17. The van der Waals surface area contributed by atoms with E-state index in [9.17, 15) is 13.2 Å². The molecule has 2 N–H and O–H groups in total. The first-order valence-corrected chi connectivity index (χ1v) is 9.36. The standard InChI is InChI=1S/C16H25N3O3S.ClH/c1-12(17-3)11-18-23(21,22)16-5-4-14-6-8-19(13(2)20)9-7-15(14)10-16;/h4-5,10,12,17-18H,6-9,11H2,1-3H3;1H. The number of sulfonamides is 1. The molecule has 0 radical (unpaired) electrons. The Kier molecular flexibility index (Phi) is 7.66. The number of benzene rings is 1. The van der Waals surface area contributed by atoms with Gasteiger partial charge < -0.3 is 10.2 Å². The summed E-state index contributed by atoms with van der Waals surface area (Å²) in [5.41, 5.74) is 2.13. The minimum Gasteiger partial charge on any atom is -0.342 e. The summed E-state index contributed by atoms with van der Waals surface area (Å²) in [4.78, 5) is 13.6. The summed E-state index contributed by atoms with van der Waals surface area (Å²) in [6.07, 6.45) is 1.45. The lowest BCUT2D eigenvalue weighted by Crippen LogP contribution is -2.37. The van der Waals surface area contributed by atoms with Crippen molar-refractivity contribution in [3.05, 3.63) is 29.3 Å². The van der Waals surface area contributed by atoms with E-state index in [0.29, 0.717) is 26.1 Å². The Balaban J connectivity index is 0.00000288. The van der Waals surface area contributed by atoms with Crippen molar-refractivity contribution in [3.63, 3.8) is 0 Å². The summed E-state index contributed by atoms with van der Waals surface area (Å²) in [5, 5.41) is 3.00. The fraction of sp³-hybridized carbons (Fsp3) is 0.562. The van der Waals surface area contributed by atoms with Gasteiger partial charge in [-0.05, 0) is 50.1 Å². The number of hydrogen-bond acceptors (Lipinski definition) is 4. The second kappa shape index (κ2) is 8.80. The van der Waals surface area contributed by atoms with Crippen LogP contribution in [0.3, 0.4) is 0 Å². The number of carbonyl (C=O) groups is 1. The molecule has 0 spiro atoms. The molecule has 0 aliphatic carbocycles. The summed E-state index contributed by atoms with van der Waals surface area (Å²) in [6, 6.07) is 5.32. The maximum atomic E-state index is 12.4. The molecule has 136 valence electrons. The average molecular weight is 376 g/mol. The number of amides is 1. The fourth-order valence-electron chi connectivity index (χ4n) is 2.60. The van der Waals surface area contributed by atoms with Gasteiger partial charge in [-0.2, -0.15) is 0 Å². The first-order chi connectivity index (χ1) is 10.8. The van der Waals surface area contributed by atoms with E-state index in [1.165, 1.54) is 0 Å². The van der Waals surface area contributed by atoms with Crippen molar-refractivity contribution in [1.82, 2.24) is 14.9 Å². The molecule has 1 aliphatic heterocycles. The molecule has 1 aromatic carbocycles. The van der Waals surface area contributed by atoms with Crippen LogP contribution in [0.1, 0.15) is 25.0 Å². The molecule has 0 fully saturated rings. The van der Waals surface area contributed by atoms with Gasteiger partial charge in [0.15, 0.2) is 0 Å². The van der Waals surface area contributed by atoms with Crippen molar-refractivity contribution in [2.75, 3.05) is 26.7 Å². The Labute approximate surface area is 150 Å². The molecule has 8 heteroatoms. The predicted molar refractivity (Wildman–Crippen MR) is 97.1 cm³/mol. The highest BCUT2D eigenvalue weighted by molar-refractivity contribution is 7.89. The van der Waals surface area contributed by atoms with E-state index < -0.39 is 10.0 Å². The number of hydrogen-bond donors (Lipinski definition) is 2. The van der Waals surface area contributed by atoms with Crippen LogP contribution in [0, 0.1) is 0 Å². The largest absolute Gasteiger partial charge is 0.342 e. The van der Waals surface area contributed by atoms with E-state index >= 15 is 0 Å². The van der Waals surface area contributed by atoms with E-state index in [-0.39, 0.29) is 29.3 Å². The van der Waals surface area contributed by atoms with Crippen molar-refractivity contribution in [2.45, 2.75) is 37.6 Å². The van der Waals surface area contributed by atoms with Crippen molar-refractivity contribution < 1.29 is 13.2 Å². The number of halogens is 1. The van der Waals surface area contributed by atoms with E-state index in [4.69, 9.17) is 0 Å². The van der Waals surface area contributed by atoms with E-state index in [1.54, 1.807) is 31.0 Å². The van der Waals surface area contributed by atoms with Crippen LogP contribution in [-0.2, 0) is 27.7 Å². The van der Waals surface area contributed by atoms with E-state index in [2.05, 4.69) is 10.0 Å². The maximum Gasteiger partial charge on any atom is 0.240 e. The number of nitrogens with zero attached hydrogens (tertiary/aromatic N) is 1. The quantitative estimate of drug-likeness (QED) is 0.802. The van der Waals surface area contributed by atoms with E-state index in [1.807, 2.05) is 13.0 Å². The highest BCUT2D eigenvalue weighted by atomic mass is 35.5. The third-order valence-corrected chi connectivity index (χ3v) is 5.73. The van der Waals surface area contributed by atoms with Crippen LogP contribution < -0.4 is 10.0 Å². The summed E-state index contributed by atoms with van der Waals surface area (Å²) >= 11 is 0. The summed E-state index contributed by atoms with van der Waals surface area (Å²) in [5.74, 6) is 0.0633. The first-order valence-electron chi connectivity index (χ1n) is 7.87. The monoisotopic (exact) mass is 375 g/mol. The number of nitrogens with one attached hydrogen (secondary N) is 2. The zero-order chi connectivity index (χ0) is 17.0. The summed E-state index contributed by atoms with van der Waals surface area (Å²) in [6.45, 7) is 5.14. The summed E-state index contributed by atoms with van der Waals surface area (Å²) < 4.78 is 27.4. The molecule has 6 nitrogen and oxygen atoms in total. The Morgan fingerprint density at radius 1 is 1.25 bits per heavy atom. The van der Waals surface area contributed by atoms with E-state index in [0.717, 1.165) is 17.5 Å². The van der Waals surface area contributed by atoms with Gasteiger partial charge in [-0.3, -0.25) is 4.79 Å². The Morgan fingerprint density at radius 2 is 1.88 bits per heavy atom. The third-order valence-electron chi connectivity index (χ3n) is 4.31. The fourth-order valence-corrected chi connectivity index (χ4v) is 3.78. The summed E-state index contributed by atoms with van der Waals surface area (Å²) in [7, 11) is -1.72. The molecular formula is C16H26ClN3O3S. The van der Waals surface area contributed by atoms with Crippen LogP contribution in [0.5, 0.6) is 0 Å². The SMILES string of the molecule is CNC(C)CNS(=O)(=O)c1ccc2c(c1)CCN(C(C)=O)CC2.Cl. The molecule has 1 aliphatic rings. The zero-order valence-corrected chi connectivity index (χ0v) is 16.0. The molecule has 1 aromatic rings. The minimum atomic E-state index is -3.51. The molecule has 2 rings (SSSR count). The predicted octanol–water partition coefficient (Wildman–Crippen LogP) is 0.942. The average Bonchev–Trinajstić information content (AvgIpc) is 2.74. The normalized spacial score (nSPS) is 15.9. The first kappa shape index (κ1) is 20.9. The minimum absolute atomic E-state index is 0. The van der Waals surface area contributed by atoms with Crippen LogP contribution in [0.15, 0.2) is 23.1 Å². The van der Waals surface area contributed by atoms with Gasteiger partial charge in [0.25, 0.3) is 0 Å². The van der Waals surface area contributed by atoms with Gasteiger partial charge in [0.2, 0.25) is 15.9 Å². The van der Waals surface area contributed by atoms with Gasteiger partial charge in [-0.15, -0.1) is 12.4 Å². The number of rotatable bonds is 5. The van der Waals surface area contributed by atoms with Crippen LogP contribution in [0.4, 0.5) is 0 Å². The molecule has 24 heavy (non-hydrogen) atoms. The highest BCUT2D eigenvalue weighted by Crippen LogP contribution is 2.20. The molecule has 0 aromatic heterocycles.